The van der Waals surface area contributed by atoms with Crippen LogP contribution in [0.2, 0.25) is 0 Å². The second-order valence-electron chi connectivity index (χ2n) is 3.02. The van der Waals surface area contributed by atoms with E-state index in [0.29, 0.717) is 7.18 Å². The van der Waals surface area contributed by atoms with Gasteiger partial charge in [0.1, 0.15) is 0 Å². The fourth-order valence-electron chi connectivity index (χ4n) is 0.713. The average Bonchev–Trinajstić information content (AvgIpc) is 2.50. The highest BCUT2D eigenvalue weighted by Gasteiger charge is 2.76. The summed E-state index contributed by atoms with van der Waals surface area (Å²) in [5.41, 5.74) is -5.09. The quantitative estimate of drug-likeness (QED) is 0.445. The Bertz CT molecular complexity index is 367. The maximum absolute atomic E-state index is 12.5. The van der Waals surface area contributed by atoms with Gasteiger partial charge in [-0.3, -0.25) is 4.39 Å². The zero-order valence-electron chi connectivity index (χ0n) is 9.93. The molecule has 0 aromatic carbocycles. The molecule has 21 heavy (non-hydrogen) atoms. The number of rotatable bonds is 0. The molecule has 1 aliphatic rings. The Morgan fingerprint density at radius 3 is 1.48 bits per heavy atom. The topological polar surface area (TPSA) is 9.23 Å². The van der Waals surface area contributed by atoms with Crippen LogP contribution < -0.4 is 0 Å². The second-order valence-corrected chi connectivity index (χ2v) is 3.02. The Kier molecular flexibility index (Phi) is 7.25. The fraction of sp³-hybridized carbons (Fsp3) is 0.556. The summed E-state index contributed by atoms with van der Waals surface area (Å²) in [5.74, 6) is 0. The van der Waals surface area contributed by atoms with E-state index in [1.165, 1.54) is 0 Å². The summed E-state index contributed by atoms with van der Waals surface area (Å²) >= 11 is 0. The van der Waals surface area contributed by atoms with E-state index in [2.05, 4.69) is 11.3 Å². The van der Waals surface area contributed by atoms with E-state index in [1.807, 2.05) is 0 Å². The molecule has 126 valence electrons. The molecule has 0 bridgehead atoms. The Morgan fingerprint density at radius 1 is 1.05 bits per heavy atom. The van der Waals surface area contributed by atoms with Crippen LogP contribution in [0.15, 0.2) is 24.7 Å². The molecule has 12 heteroatoms. The van der Waals surface area contributed by atoms with Crippen molar-refractivity contribution in [1.29, 1.82) is 0 Å². The van der Waals surface area contributed by atoms with Crippen molar-refractivity contribution >= 4 is 0 Å². The number of allylic oxidation sites excluding steroid dienone is 1. The zero-order valence-corrected chi connectivity index (χ0v) is 9.93. The Morgan fingerprint density at radius 2 is 1.38 bits per heavy atom. The van der Waals surface area contributed by atoms with Gasteiger partial charge in [-0.05, 0) is 0 Å². The first kappa shape index (κ1) is 21.8. The van der Waals surface area contributed by atoms with Crippen LogP contribution in [0.3, 0.4) is 0 Å². The van der Waals surface area contributed by atoms with E-state index in [4.69, 9.17) is 0 Å². The maximum Gasteiger partial charge on any atom is 0.448 e. The smallest absolute Gasteiger partial charge is 0.403 e. The van der Waals surface area contributed by atoms with Crippen LogP contribution in [0.25, 0.3) is 0 Å². The van der Waals surface area contributed by atoms with E-state index < -0.39 is 36.2 Å². The summed E-state index contributed by atoms with van der Waals surface area (Å²) in [4.78, 5) is 0. The van der Waals surface area contributed by atoms with Crippen LogP contribution in [0.4, 0.5) is 48.3 Å². The van der Waals surface area contributed by atoms with Crippen LogP contribution in [0.5, 0.6) is 0 Å². The number of ether oxygens (including phenoxy) is 1. The molecule has 0 aromatic rings. The van der Waals surface area contributed by atoms with E-state index in [1.54, 1.807) is 0 Å². The van der Waals surface area contributed by atoms with E-state index >= 15 is 0 Å². The van der Waals surface area contributed by atoms with Gasteiger partial charge in [0.15, 0.2) is 0 Å². The molecule has 0 radical (unpaired) electrons. The monoisotopic (exact) mass is 340 g/mol. The normalized spacial score (nSPS) is 23.7. The van der Waals surface area contributed by atoms with Gasteiger partial charge in [0, 0.05) is 12.2 Å². The van der Waals surface area contributed by atoms with Gasteiger partial charge in [-0.2, -0.15) is 39.5 Å². The first-order valence-corrected chi connectivity index (χ1v) is 4.45. The molecule has 0 saturated carbocycles. The first-order valence-electron chi connectivity index (χ1n) is 4.45. The molecule has 1 unspecified atom stereocenters. The highest BCUT2D eigenvalue weighted by atomic mass is 19.4. The summed E-state index contributed by atoms with van der Waals surface area (Å²) in [7, 11) is 0.500. The predicted molar refractivity (Wildman–Crippen MR) is 48.4 cm³/mol. The van der Waals surface area contributed by atoms with Gasteiger partial charge >= 0.3 is 24.1 Å². The summed E-state index contributed by atoms with van der Waals surface area (Å²) in [5, 5.41) is 0. The van der Waals surface area contributed by atoms with E-state index in [9.17, 15) is 48.3 Å². The van der Waals surface area contributed by atoms with Gasteiger partial charge in [0.05, 0.1) is 7.18 Å². The van der Waals surface area contributed by atoms with Crippen LogP contribution in [-0.4, -0.2) is 31.3 Å². The maximum atomic E-state index is 12.5. The molecule has 1 nitrogen and oxygen atoms in total. The third-order valence-corrected chi connectivity index (χ3v) is 1.61. The van der Waals surface area contributed by atoms with E-state index in [-0.39, 0.29) is 6.08 Å². The van der Waals surface area contributed by atoms with Crippen LogP contribution in [0, 0.1) is 0 Å². The molecule has 1 aliphatic heterocycles. The zero-order chi connectivity index (χ0) is 17.7. The van der Waals surface area contributed by atoms with Crippen molar-refractivity contribution in [3.05, 3.63) is 24.7 Å². The molecule has 0 aromatic heterocycles. The largest absolute Gasteiger partial charge is 0.448 e. The lowest BCUT2D eigenvalue weighted by molar-refractivity contribution is -0.343. The minimum Gasteiger partial charge on any atom is -0.403 e. The van der Waals surface area contributed by atoms with Gasteiger partial charge in [0.25, 0.3) is 6.01 Å². The molecule has 1 rings (SSSR count). The highest BCUT2D eigenvalue weighted by molar-refractivity contribution is 5.17. The van der Waals surface area contributed by atoms with Crippen LogP contribution in [-0.2, 0) is 4.74 Å². The summed E-state index contributed by atoms with van der Waals surface area (Å²) < 4.78 is 128. The predicted octanol–water partition coefficient (Wildman–Crippen LogP) is 5.01. The summed E-state index contributed by atoms with van der Waals surface area (Å²) in [6.45, 7) is 2.51. The summed E-state index contributed by atoms with van der Waals surface area (Å²) in [6.07, 6.45) is -16.4. The lowest BCUT2D eigenvalue weighted by atomic mass is 10.1. The first-order chi connectivity index (χ1) is 9.16. The van der Waals surface area contributed by atoms with Crippen molar-refractivity contribution in [1.82, 2.24) is 0 Å². The molecule has 0 spiro atoms. The van der Waals surface area contributed by atoms with Gasteiger partial charge in [0.2, 0.25) is 0 Å². The molecule has 1 atom stereocenters. The van der Waals surface area contributed by atoms with Gasteiger partial charge in [-0.1, -0.05) is 6.58 Å². The third-order valence-electron chi connectivity index (χ3n) is 1.61. The van der Waals surface area contributed by atoms with Crippen molar-refractivity contribution in [2.24, 2.45) is 0 Å². The Labute approximate surface area is 110 Å². The number of hydrogen-bond acceptors (Lipinski definition) is 1. The van der Waals surface area contributed by atoms with E-state index in [0.717, 1.165) is 0 Å². The fourth-order valence-corrected chi connectivity index (χ4v) is 0.713. The van der Waals surface area contributed by atoms with Crippen LogP contribution in [0.1, 0.15) is 0 Å². The number of halogens is 11. The number of hydrogen-bond donors (Lipinski definition) is 0. The SMILES string of the molecule is C=CC(F)(F)F.CF.FC1=CC(F)(C(F)(F)F)C(F)(F)O1. The van der Waals surface area contributed by atoms with Gasteiger partial charge in [-0.25, -0.2) is 4.39 Å². The lowest BCUT2D eigenvalue weighted by Crippen LogP contribution is -2.52. The average molecular weight is 340 g/mol. The molecule has 1 heterocycles. The number of alkyl halides is 10. The highest BCUT2D eigenvalue weighted by Crippen LogP contribution is 2.52. The standard InChI is InChI=1S/C5HF7O.C3H3F3.CH3F/c6-2-1-3(7,4(8,9)10)5(11,12)13-2;1-2-3(4,5)6;1-2/h1H;2H,1H2;1H3. The minimum absolute atomic E-state index is 0.0625. The van der Waals surface area contributed by atoms with Crippen LogP contribution >= 0.6 is 0 Å². The molecule has 0 aliphatic carbocycles. The Balaban J connectivity index is 0. The molecule has 0 N–H and O–H groups in total. The van der Waals surface area contributed by atoms with Crippen molar-refractivity contribution in [2.75, 3.05) is 7.18 Å². The van der Waals surface area contributed by atoms with Crippen molar-refractivity contribution in [2.45, 2.75) is 24.1 Å². The lowest BCUT2D eigenvalue weighted by Gasteiger charge is -2.25. The molecule has 0 amide bonds. The second kappa shape index (κ2) is 6.98. The molecular weight excluding hydrogens is 333 g/mol. The van der Waals surface area contributed by atoms with Crippen molar-refractivity contribution in [3.8, 4) is 0 Å². The molecule has 0 fully saturated rings. The van der Waals surface area contributed by atoms with Gasteiger partial charge < -0.3 is 4.74 Å². The minimum atomic E-state index is -5.93. The molecular formula is C9H7F11O. The van der Waals surface area contributed by atoms with Crippen molar-refractivity contribution in [3.63, 3.8) is 0 Å². The third kappa shape index (κ3) is 5.79. The molecule has 0 saturated heterocycles. The van der Waals surface area contributed by atoms with Crippen molar-refractivity contribution < 1.29 is 53.0 Å². The Hall–Kier alpha value is -1.49. The van der Waals surface area contributed by atoms with Gasteiger partial charge in [-0.15, -0.1) is 0 Å². The summed E-state index contributed by atoms with van der Waals surface area (Å²) in [6, 6.07) is -2.29.